The van der Waals surface area contributed by atoms with Gasteiger partial charge in [0.25, 0.3) is 0 Å². The second kappa shape index (κ2) is 6.06. The molecule has 1 aromatic rings. The number of sulfonamides is 1. The van der Waals surface area contributed by atoms with Crippen molar-refractivity contribution in [2.24, 2.45) is 0 Å². The Balaban J connectivity index is 3.10. The predicted octanol–water partition coefficient (Wildman–Crippen LogP) is 1.11. The van der Waals surface area contributed by atoms with Gasteiger partial charge in [-0.05, 0) is 25.1 Å². The normalized spacial score (nSPS) is 14.9. The van der Waals surface area contributed by atoms with E-state index in [1.54, 1.807) is 0 Å². The smallest absolute Gasteiger partial charge is 0.324 e. The van der Waals surface area contributed by atoms with E-state index >= 15 is 0 Å². The summed E-state index contributed by atoms with van der Waals surface area (Å²) in [5, 5.41) is 18.2. The maximum absolute atomic E-state index is 11.9. The number of carboxylic acid groups (broad SMARTS) is 1. The fourth-order valence-electron chi connectivity index (χ4n) is 1.23. The monoisotopic (exact) mass is 327 g/mol. The van der Waals surface area contributed by atoms with Crippen LogP contribution in [0.2, 0.25) is 10.0 Å². The predicted molar refractivity (Wildman–Crippen MR) is 69.9 cm³/mol. The standard InChI is InChI=1S/C10H11Cl2NO5S/c1-5(14)9(10(15)16)13-19(17,18)6-2-3-7(11)8(12)4-6/h2-5,9,13-14H,1H3,(H,15,16)/t5-,9+/m1/s1. The number of carboxylic acids is 1. The molecule has 2 atom stereocenters. The molecule has 1 rings (SSSR count). The van der Waals surface area contributed by atoms with Crippen molar-refractivity contribution in [3.05, 3.63) is 28.2 Å². The minimum absolute atomic E-state index is 0.0217. The molecule has 0 fully saturated rings. The number of aliphatic carboxylic acids is 1. The molecule has 6 nitrogen and oxygen atoms in total. The highest BCUT2D eigenvalue weighted by Crippen LogP contribution is 2.24. The minimum atomic E-state index is -4.12. The van der Waals surface area contributed by atoms with Gasteiger partial charge < -0.3 is 10.2 Å². The summed E-state index contributed by atoms with van der Waals surface area (Å²) in [7, 11) is -4.12. The summed E-state index contributed by atoms with van der Waals surface area (Å²) in [5.41, 5.74) is 0. The van der Waals surface area contributed by atoms with Gasteiger partial charge in [0.2, 0.25) is 10.0 Å². The Morgan fingerprint density at radius 1 is 1.32 bits per heavy atom. The second-order valence-corrected chi connectivity index (χ2v) is 6.28. The second-order valence-electron chi connectivity index (χ2n) is 3.75. The van der Waals surface area contributed by atoms with E-state index < -0.39 is 28.1 Å². The molecule has 0 aliphatic carbocycles. The third-order valence-electron chi connectivity index (χ3n) is 2.23. The number of aliphatic hydroxyl groups is 1. The zero-order valence-corrected chi connectivity index (χ0v) is 12.0. The van der Waals surface area contributed by atoms with Crippen LogP contribution >= 0.6 is 23.2 Å². The van der Waals surface area contributed by atoms with Gasteiger partial charge in [-0.2, -0.15) is 4.72 Å². The lowest BCUT2D eigenvalue weighted by atomic mass is 10.2. The highest BCUT2D eigenvalue weighted by Gasteiger charge is 2.29. The Labute approximate surface area is 120 Å². The average Bonchev–Trinajstić information content (AvgIpc) is 2.28. The molecule has 0 amide bonds. The van der Waals surface area contributed by atoms with Crippen LogP contribution in [0, 0.1) is 0 Å². The number of nitrogens with one attached hydrogen (secondary N) is 1. The van der Waals surface area contributed by atoms with Gasteiger partial charge in [0, 0.05) is 0 Å². The van der Waals surface area contributed by atoms with E-state index in [4.69, 9.17) is 28.3 Å². The lowest BCUT2D eigenvalue weighted by Gasteiger charge is -2.17. The van der Waals surface area contributed by atoms with Gasteiger partial charge in [-0.25, -0.2) is 8.42 Å². The highest BCUT2D eigenvalue weighted by atomic mass is 35.5. The van der Waals surface area contributed by atoms with Gasteiger partial charge in [-0.15, -0.1) is 0 Å². The van der Waals surface area contributed by atoms with Gasteiger partial charge in [-0.3, -0.25) is 4.79 Å². The molecule has 0 unspecified atom stereocenters. The van der Waals surface area contributed by atoms with Crippen LogP contribution in [-0.4, -0.2) is 36.7 Å². The quantitative estimate of drug-likeness (QED) is 0.751. The van der Waals surface area contributed by atoms with E-state index in [2.05, 4.69) is 0 Å². The Morgan fingerprint density at radius 3 is 2.32 bits per heavy atom. The lowest BCUT2D eigenvalue weighted by Crippen LogP contribution is -2.47. The van der Waals surface area contributed by atoms with E-state index in [1.165, 1.54) is 12.1 Å². The van der Waals surface area contributed by atoms with Crippen molar-refractivity contribution in [3.63, 3.8) is 0 Å². The largest absolute Gasteiger partial charge is 0.480 e. The molecule has 0 heterocycles. The summed E-state index contributed by atoms with van der Waals surface area (Å²) in [6.07, 6.45) is -1.39. The number of aliphatic hydroxyl groups excluding tert-OH is 1. The molecular weight excluding hydrogens is 317 g/mol. The molecular formula is C10H11Cl2NO5S. The lowest BCUT2D eigenvalue weighted by molar-refractivity contribution is -0.141. The summed E-state index contributed by atoms with van der Waals surface area (Å²) in [4.78, 5) is 10.6. The number of carbonyl (C=O) groups is 1. The molecule has 0 aliphatic heterocycles. The molecule has 9 heteroatoms. The molecule has 1 aromatic carbocycles. The first-order valence-electron chi connectivity index (χ1n) is 5.03. The molecule has 106 valence electrons. The molecule has 19 heavy (non-hydrogen) atoms. The van der Waals surface area contributed by atoms with Crippen molar-refractivity contribution in [2.45, 2.75) is 24.0 Å². The van der Waals surface area contributed by atoms with Crippen LogP contribution in [0.3, 0.4) is 0 Å². The summed E-state index contributed by atoms with van der Waals surface area (Å²) in [5.74, 6) is -1.49. The van der Waals surface area contributed by atoms with Gasteiger partial charge in [0.05, 0.1) is 21.0 Å². The van der Waals surface area contributed by atoms with Gasteiger partial charge in [0.1, 0.15) is 6.04 Å². The van der Waals surface area contributed by atoms with Gasteiger partial charge in [0.15, 0.2) is 0 Å². The highest BCUT2D eigenvalue weighted by molar-refractivity contribution is 7.89. The third-order valence-corrected chi connectivity index (χ3v) is 4.41. The SMILES string of the molecule is C[C@@H](O)[C@H](NS(=O)(=O)c1ccc(Cl)c(Cl)c1)C(=O)O. The first-order chi connectivity index (χ1) is 8.65. The summed E-state index contributed by atoms with van der Waals surface area (Å²) in [6.45, 7) is 1.16. The number of halogens is 2. The molecule has 0 saturated heterocycles. The van der Waals surface area contributed by atoms with Crippen molar-refractivity contribution < 1.29 is 23.4 Å². The van der Waals surface area contributed by atoms with Crippen LogP contribution in [0.1, 0.15) is 6.92 Å². The topological polar surface area (TPSA) is 104 Å². The zero-order chi connectivity index (χ0) is 14.8. The molecule has 0 aliphatic rings. The summed E-state index contributed by atoms with van der Waals surface area (Å²) in [6, 6.07) is 1.89. The van der Waals surface area contributed by atoms with Crippen LogP contribution in [0.5, 0.6) is 0 Å². The van der Waals surface area contributed by atoms with Crippen molar-refractivity contribution in [3.8, 4) is 0 Å². The van der Waals surface area contributed by atoms with Crippen LogP contribution in [0.15, 0.2) is 23.1 Å². The van der Waals surface area contributed by atoms with E-state index in [-0.39, 0.29) is 14.9 Å². The summed E-state index contributed by atoms with van der Waals surface area (Å²) < 4.78 is 25.7. The van der Waals surface area contributed by atoms with E-state index in [1.807, 2.05) is 4.72 Å². The first-order valence-corrected chi connectivity index (χ1v) is 7.27. The van der Waals surface area contributed by atoms with Gasteiger partial charge >= 0.3 is 5.97 Å². The molecule has 0 saturated carbocycles. The Kier molecular flexibility index (Phi) is 5.17. The molecule has 0 bridgehead atoms. The van der Waals surface area contributed by atoms with E-state index in [9.17, 15) is 18.3 Å². The van der Waals surface area contributed by atoms with Crippen molar-refractivity contribution in [1.82, 2.24) is 4.72 Å². The summed E-state index contributed by atoms with van der Waals surface area (Å²) >= 11 is 11.3. The molecule has 0 radical (unpaired) electrons. The van der Waals surface area contributed by atoms with Crippen molar-refractivity contribution in [1.29, 1.82) is 0 Å². The fourth-order valence-corrected chi connectivity index (χ4v) is 2.89. The molecule has 0 aromatic heterocycles. The zero-order valence-electron chi connectivity index (χ0n) is 9.67. The van der Waals surface area contributed by atoms with Crippen LogP contribution in [-0.2, 0) is 14.8 Å². The number of hydrogen-bond acceptors (Lipinski definition) is 4. The maximum atomic E-state index is 11.9. The molecule has 0 spiro atoms. The number of hydrogen-bond donors (Lipinski definition) is 3. The fraction of sp³-hybridized carbons (Fsp3) is 0.300. The minimum Gasteiger partial charge on any atom is -0.480 e. The Morgan fingerprint density at radius 2 is 1.89 bits per heavy atom. The maximum Gasteiger partial charge on any atom is 0.324 e. The van der Waals surface area contributed by atoms with E-state index in [0.29, 0.717) is 0 Å². The van der Waals surface area contributed by atoms with Crippen LogP contribution in [0.4, 0.5) is 0 Å². The van der Waals surface area contributed by atoms with Crippen molar-refractivity contribution in [2.75, 3.05) is 0 Å². The van der Waals surface area contributed by atoms with E-state index in [0.717, 1.165) is 13.0 Å². The van der Waals surface area contributed by atoms with Crippen molar-refractivity contribution >= 4 is 39.2 Å². The Hall–Kier alpha value is -0.860. The van der Waals surface area contributed by atoms with Gasteiger partial charge in [-0.1, -0.05) is 23.2 Å². The van der Waals surface area contributed by atoms with Crippen LogP contribution < -0.4 is 4.72 Å². The first kappa shape index (κ1) is 16.2. The number of rotatable bonds is 5. The third kappa shape index (κ3) is 4.05. The molecule has 3 N–H and O–H groups in total. The number of benzene rings is 1. The average molecular weight is 328 g/mol. The van der Waals surface area contributed by atoms with Crippen LogP contribution in [0.25, 0.3) is 0 Å². The Bertz CT molecular complexity index is 588.